The van der Waals surface area contributed by atoms with Crippen molar-refractivity contribution < 1.29 is 14.9 Å². The van der Waals surface area contributed by atoms with Crippen molar-refractivity contribution in [1.82, 2.24) is 9.55 Å². The average molecular weight is 452 g/mol. The number of ether oxygens (including phenoxy) is 1. The van der Waals surface area contributed by atoms with Crippen LogP contribution in [0.5, 0.6) is 17.4 Å². The number of fused-ring (bicyclic) bond motifs is 1. The van der Waals surface area contributed by atoms with Crippen LogP contribution >= 0.6 is 11.8 Å². The molecule has 9 heteroatoms. The quantitative estimate of drug-likeness (QED) is 0.511. The first kappa shape index (κ1) is 21.5. The summed E-state index contributed by atoms with van der Waals surface area (Å²) >= 11 is 1.54. The Morgan fingerprint density at radius 1 is 1.28 bits per heavy atom. The number of nitrogens with zero attached hydrogens (tertiary/aromatic N) is 2. The van der Waals surface area contributed by atoms with E-state index in [2.05, 4.69) is 16.6 Å². The van der Waals surface area contributed by atoms with E-state index in [0.717, 1.165) is 15.0 Å². The van der Waals surface area contributed by atoms with Gasteiger partial charge in [-0.25, -0.2) is 4.79 Å². The van der Waals surface area contributed by atoms with Crippen LogP contribution in [0.15, 0.2) is 74.6 Å². The molecule has 1 atom stereocenters. The molecule has 2 aromatic carbocycles. The van der Waals surface area contributed by atoms with Crippen molar-refractivity contribution in [3.8, 4) is 17.4 Å². The Bertz CT molecular complexity index is 1340. The van der Waals surface area contributed by atoms with Crippen LogP contribution in [-0.4, -0.2) is 32.6 Å². The maximum atomic E-state index is 12.7. The molecule has 3 aromatic rings. The van der Waals surface area contributed by atoms with Gasteiger partial charge in [0.15, 0.2) is 11.5 Å². The number of nitrogens with one attached hydrogen (secondary N) is 1. The van der Waals surface area contributed by atoms with Crippen molar-refractivity contribution >= 4 is 23.2 Å². The molecular weight excluding hydrogens is 430 g/mol. The summed E-state index contributed by atoms with van der Waals surface area (Å²) in [5.74, 6) is -0.104. The number of thioether (sulfide) groups is 1. The number of hydrogen-bond donors (Lipinski definition) is 3. The highest BCUT2D eigenvalue weighted by Gasteiger charge is 2.27. The lowest BCUT2D eigenvalue weighted by Gasteiger charge is -2.18. The standard InChI is InChI=1S/C23H21N3O5S/c1-3-10-26-22(29)20(21(28)25-23(26)30)15-12-19(13-8-9-17(31-2)16(27)11-13)32-18-7-5-4-6-14(18)24-15/h3-9,11,19,27,29H,1,10,12H2,2H3,(H,25,28,30). The smallest absolute Gasteiger partial charge is 0.331 e. The summed E-state index contributed by atoms with van der Waals surface area (Å²) in [5, 5.41) is 20.8. The van der Waals surface area contributed by atoms with Crippen LogP contribution in [0, 0.1) is 0 Å². The number of phenolic OH excluding ortho intramolecular Hbond substituents is 1. The number of benzene rings is 2. The van der Waals surface area contributed by atoms with Gasteiger partial charge in [-0.05, 0) is 29.8 Å². The zero-order chi connectivity index (χ0) is 22.8. The molecule has 0 saturated heterocycles. The number of phenols is 1. The van der Waals surface area contributed by atoms with E-state index in [1.54, 1.807) is 12.1 Å². The molecule has 0 amide bonds. The maximum Gasteiger partial charge on any atom is 0.331 e. The number of methoxy groups -OCH3 is 1. The summed E-state index contributed by atoms with van der Waals surface area (Å²) in [6, 6.07) is 12.6. The van der Waals surface area contributed by atoms with Crippen LogP contribution in [0.1, 0.15) is 22.8 Å². The molecule has 1 aliphatic heterocycles. The molecule has 0 saturated carbocycles. The van der Waals surface area contributed by atoms with Crippen molar-refractivity contribution in [2.45, 2.75) is 23.1 Å². The van der Waals surface area contributed by atoms with Gasteiger partial charge in [0.1, 0.15) is 5.56 Å². The molecule has 1 aromatic heterocycles. The molecule has 0 radical (unpaired) electrons. The number of aromatic hydroxyl groups is 2. The highest BCUT2D eigenvalue weighted by molar-refractivity contribution is 7.99. The van der Waals surface area contributed by atoms with Crippen LogP contribution in [0.2, 0.25) is 0 Å². The molecule has 1 unspecified atom stereocenters. The van der Waals surface area contributed by atoms with Gasteiger partial charge in [-0.2, -0.15) is 0 Å². The Morgan fingerprint density at radius 3 is 2.78 bits per heavy atom. The molecule has 0 spiro atoms. The van der Waals surface area contributed by atoms with Crippen LogP contribution in [-0.2, 0) is 6.54 Å². The van der Waals surface area contributed by atoms with Gasteiger partial charge in [0.2, 0.25) is 5.88 Å². The first-order valence-corrected chi connectivity index (χ1v) is 10.7. The SMILES string of the molecule is C=CCn1c(O)c(C2=Nc3ccccc3SC(c3ccc(OC)c(O)c3)C2)c(=O)[nH]c1=O. The predicted molar refractivity (Wildman–Crippen MR) is 124 cm³/mol. The van der Waals surface area contributed by atoms with Gasteiger partial charge in [-0.3, -0.25) is 19.3 Å². The van der Waals surface area contributed by atoms with Gasteiger partial charge < -0.3 is 14.9 Å². The molecule has 8 nitrogen and oxygen atoms in total. The van der Waals surface area contributed by atoms with Crippen molar-refractivity contribution in [2.24, 2.45) is 4.99 Å². The van der Waals surface area contributed by atoms with Crippen molar-refractivity contribution in [3.63, 3.8) is 0 Å². The lowest BCUT2D eigenvalue weighted by Crippen LogP contribution is -2.34. The third kappa shape index (κ3) is 3.94. The molecule has 2 heterocycles. The third-order valence-corrected chi connectivity index (χ3v) is 6.44. The highest BCUT2D eigenvalue weighted by atomic mass is 32.2. The van der Waals surface area contributed by atoms with Gasteiger partial charge >= 0.3 is 5.69 Å². The molecule has 1 aliphatic rings. The summed E-state index contributed by atoms with van der Waals surface area (Å²) in [4.78, 5) is 32.7. The number of hydrogen-bond acceptors (Lipinski definition) is 7. The topological polar surface area (TPSA) is 117 Å². The largest absolute Gasteiger partial charge is 0.504 e. The third-order valence-electron chi connectivity index (χ3n) is 5.12. The number of rotatable bonds is 5. The summed E-state index contributed by atoms with van der Waals surface area (Å²) in [6.07, 6.45) is 1.72. The minimum absolute atomic E-state index is 0.00171. The van der Waals surface area contributed by atoms with Gasteiger partial charge in [0, 0.05) is 23.1 Å². The fourth-order valence-electron chi connectivity index (χ4n) is 3.58. The lowest BCUT2D eigenvalue weighted by molar-refractivity contribution is 0.373. The van der Waals surface area contributed by atoms with E-state index in [9.17, 15) is 19.8 Å². The molecule has 0 aliphatic carbocycles. The molecule has 3 N–H and O–H groups in total. The Hall–Kier alpha value is -3.72. The summed E-state index contributed by atoms with van der Waals surface area (Å²) in [6.45, 7) is 3.62. The van der Waals surface area contributed by atoms with Crippen molar-refractivity contribution in [1.29, 1.82) is 0 Å². The van der Waals surface area contributed by atoms with E-state index in [1.807, 2.05) is 30.3 Å². The van der Waals surface area contributed by atoms with Gasteiger partial charge in [0.05, 0.1) is 18.5 Å². The summed E-state index contributed by atoms with van der Waals surface area (Å²) < 4.78 is 6.17. The van der Waals surface area contributed by atoms with Crippen molar-refractivity contribution in [2.75, 3.05) is 7.11 Å². The number of aromatic nitrogens is 2. The monoisotopic (exact) mass is 451 g/mol. The maximum absolute atomic E-state index is 12.7. The Morgan fingerprint density at radius 2 is 2.06 bits per heavy atom. The number of H-pyrrole nitrogens is 1. The predicted octanol–water partition coefficient (Wildman–Crippen LogP) is 3.50. The zero-order valence-electron chi connectivity index (χ0n) is 17.2. The molecule has 0 fully saturated rings. The number of aliphatic imine (C=N–C) groups is 1. The zero-order valence-corrected chi connectivity index (χ0v) is 18.1. The van der Waals surface area contributed by atoms with E-state index in [-0.39, 0.29) is 29.5 Å². The van der Waals surface area contributed by atoms with Crippen LogP contribution in [0.4, 0.5) is 5.69 Å². The molecule has 4 rings (SSSR count). The van der Waals surface area contributed by atoms with Crippen LogP contribution < -0.4 is 16.0 Å². The average Bonchev–Trinajstić information content (AvgIpc) is 2.96. The highest BCUT2D eigenvalue weighted by Crippen LogP contribution is 2.46. The summed E-state index contributed by atoms with van der Waals surface area (Å²) in [5.41, 5.74) is 0.274. The van der Waals surface area contributed by atoms with E-state index in [1.165, 1.54) is 24.9 Å². The first-order chi connectivity index (χ1) is 15.4. The van der Waals surface area contributed by atoms with E-state index in [4.69, 9.17) is 4.74 Å². The van der Waals surface area contributed by atoms with Gasteiger partial charge in [-0.1, -0.05) is 24.3 Å². The molecule has 164 valence electrons. The van der Waals surface area contributed by atoms with Crippen LogP contribution in [0.25, 0.3) is 0 Å². The first-order valence-electron chi connectivity index (χ1n) is 9.80. The number of aromatic amines is 1. The van der Waals surface area contributed by atoms with E-state index >= 15 is 0 Å². The van der Waals surface area contributed by atoms with E-state index in [0.29, 0.717) is 17.1 Å². The fourth-order valence-corrected chi connectivity index (χ4v) is 4.80. The fraction of sp³-hybridized carbons (Fsp3) is 0.174. The second-order valence-corrected chi connectivity index (χ2v) is 8.37. The normalized spacial score (nSPS) is 15.4. The van der Waals surface area contributed by atoms with Gasteiger partial charge in [-0.15, -0.1) is 18.3 Å². The lowest BCUT2D eigenvalue weighted by atomic mass is 10.0. The number of allylic oxidation sites excluding steroid dienone is 1. The minimum Gasteiger partial charge on any atom is -0.504 e. The Balaban J connectivity index is 1.89. The molecule has 32 heavy (non-hydrogen) atoms. The number of para-hydroxylation sites is 1. The van der Waals surface area contributed by atoms with Gasteiger partial charge in [0.25, 0.3) is 5.56 Å². The second kappa shape index (κ2) is 8.80. The second-order valence-electron chi connectivity index (χ2n) is 7.13. The molecule has 0 bridgehead atoms. The summed E-state index contributed by atoms with van der Waals surface area (Å²) in [7, 11) is 1.48. The molecular formula is C23H21N3O5S. The Kier molecular flexibility index (Phi) is 5.91. The minimum atomic E-state index is -0.725. The Labute approximate surface area is 187 Å². The van der Waals surface area contributed by atoms with E-state index < -0.39 is 17.1 Å². The van der Waals surface area contributed by atoms with Crippen molar-refractivity contribution in [3.05, 3.63) is 87.1 Å². The van der Waals surface area contributed by atoms with Crippen LogP contribution in [0.3, 0.4) is 0 Å².